The van der Waals surface area contributed by atoms with Crippen molar-refractivity contribution in [3.63, 3.8) is 0 Å². The van der Waals surface area contributed by atoms with Crippen LogP contribution in [0.4, 0.5) is 5.69 Å². The van der Waals surface area contributed by atoms with Crippen LogP contribution in [0.15, 0.2) is 53.6 Å². The van der Waals surface area contributed by atoms with Crippen molar-refractivity contribution >= 4 is 27.1 Å². The zero-order valence-corrected chi connectivity index (χ0v) is 26.7. The molecule has 5 rings (SSSR count). The zero-order valence-electron chi connectivity index (χ0n) is 25.1. The van der Waals surface area contributed by atoms with Gasteiger partial charge in [0.1, 0.15) is 11.6 Å². The number of aromatic nitrogens is 2. The van der Waals surface area contributed by atoms with Gasteiger partial charge in [-0.2, -0.15) is 0 Å². The molecule has 0 atom stereocenters. The maximum atomic E-state index is 13.0. The Kier molecular flexibility index (Phi) is 9.72. The first-order chi connectivity index (χ1) is 20.2. The summed E-state index contributed by atoms with van der Waals surface area (Å²) in [5, 5.41) is -0.105. The van der Waals surface area contributed by atoms with E-state index in [9.17, 15) is 8.42 Å². The number of nitrogens with zero attached hydrogens (tertiary/aromatic N) is 5. The van der Waals surface area contributed by atoms with Gasteiger partial charge < -0.3 is 14.5 Å². The van der Waals surface area contributed by atoms with Crippen LogP contribution < -0.4 is 9.64 Å². The molecule has 1 aromatic heterocycles. The quantitative estimate of drug-likeness (QED) is 0.344. The molecule has 0 spiro atoms. The molecule has 2 aliphatic rings. The van der Waals surface area contributed by atoms with Crippen LogP contribution in [0.2, 0.25) is 5.02 Å². The highest BCUT2D eigenvalue weighted by Gasteiger charge is 2.27. The van der Waals surface area contributed by atoms with Crippen molar-refractivity contribution < 1.29 is 13.2 Å². The van der Waals surface area contributed by atoms with Gasteiger partial charge in [0.15, 0.2) is 9.84 Å². The molecule has 2 fully saturated rings. The van der Waals surface area contributed by atoms with Crippen molar-refractivity contribution in [1.29, 1.82) is 0 Å². The Labute approximate surface area is 255 Å². The molecule has 8 nitrogen and oxygen atoms in total. The molecule has 0 saturated carbocycles. The Morgan fingerprint density at radius 1 is 0.976 bits per heavy atom. The summed E-state index contributed by atoms with van der Waals surface area (Å²) < 4.78 is 31.7. The van der Waals surface area contributed by atoms with Crippen LogP contribution in [0, 0.1) is 0 Å². The average Bonchev–Trinajstić information content (AvgIpc) is 2.99. The Morgan fingerprint density at radius 3 is 2.38 bits per heavy atom. The summed E-state index contributed by atoms with van der Waals surface area (Å²) in [7, 11) is 0.459. The number of ether oxygens (including phenoxy) is 1. The molecule has 0 radical (unpaired) electrons. The third-order valence-corrected chi connectivity index (χ3v) is 11.2. The molecule has 0 aliphatic carbocycles. The van der Waals surface area contributed by atoms with Crippen LogP contribution in [0.1, 0.15) is 49.3 Å². The Hall–Kier alpha value is -2.72. The standard InChI is InChI=1S/C32H42ClN5O3S/c1-23(2)42(39,40)31-8-6-5-7-25(31)19-29-28(33)22-34-32(35-29)20-24-9-10-27(21-30(24)41-4)37-13-11-26(12-14-37)38-17-15-36(3)16-18-38/h5-10,21-23,26H,11-20H2,1-4H3. The molecule has 0 bridgehead atoms. The Bertz CT molecular complexity index is 1480. The predicted molar refractivity (Wildman–Crippen MR) is 169 cm³/mol. The van der Waals surface area contributed by atoms with Gasteiger partial charge in [-0.05, 0) is 51.4 Å². The van der Waals surface area contributed by atoms with E-state index in [1.807, 2.05) is 12.1 Å². The fraction of sp³-hybridized carbons (Fsp3) is 0.500. The van der Waals surface area contributed by atoms with E-state index in [2.05, 4.69) is 44.9 Å². The second-order valence-corrected chi connectivity index (χ2v) is 14.6. The van der Waals surface area contributed by atoms with Crippen molar-refractivity contribution in [3.8, 4) is 5.75 Å². The normalized spacial score (nSPS) is 17.6. The van der Waals surface area contributed by atoms with E-state index in [0.717, 1.165) is 37.5 Å². The van der Waals surface area contributed by atoms with E-state index < -0.39 is 15.1 Å². The topological polar surface area (TPSA) is 78.9 Å². The SMILES string of the molecule is COc1cc(N2CCC(N3CCN(C)CC3)CC2)ccc1Cc1ncc(Cl)c(Cc2ccccc2S(=O)(=O)C(C)C)n1. The molecule has 0 unspecified atom stereocenters. The summed E-state index contributed by atoms with van der Waals surface area (Å²) in [6.45, 7) is 10.1. The number of piperazine rings is 1. The number of hydrogen-bond acceptors (Lipinski definition) is 8. The van der Waals surface area contributed by atoms with Gasteiger partial charge >= 0.3 is 0 Å². The summed E-state index contributed by atoms with van der Waals surface area (Å²) in [6, 6.07) is 14.1. The highest BCUT2D eigenvalue weighted by Crippen LogP contribution is 2.31. The number of piperidine rings is 1. The maximum Gasteiger partial charge on any atom is 0.180 e. The maximum absolute atomic E-state index is 13.0. The van der Waals surface area contributed by atoms with Gasteiger partial charge in [0.25, 0.3) is 0 Å². The minimum atomic E-state index is -3.44. The van der Waals surface area contributed by atoms with Gasteiger partial charge in [0.05, 0.1) is 28.0 Å². The molecule has 42 heavy (non-hydrogen) atoms. The lowest BCUT2D eigenvalue weighted by atomic mass is 10.0. The third-order valence-electron chi connectivity index (χ3n) is 8.63. The highest BCUT2D eigenvalue weighted by atomic mass is 35.5. The summed E-state index contributed by atoms with van der Waals surface area (Å²) in [4.78, 5) is 17.1. The first kappa shape index (κ1) is 30.7. The fourth-order valence-electron chi connectivity index (χ4n) is 5.94. The molecular weight excluding hydrogens is 570 g/mol. The van der Waals surface area contributed by atoms with Gasteiger partial charge in [0, 0.05) is 81.7 Å². The van der Waals surface area contributed by atoms with Crippen LogP contribution in [0.25, 0.3) is 0 Å². The number of sulfone groups is 1. The van der Waals surface area contributed by atoms with E-state index in [0.29, 0.717) is 45.9 Å². The van der Waals surface area contributed by atoms with Crippen molar-refractivity contribution in [2.45, 2.75) is 55.7 Å². The van der Waals surface area contributed by atoms with Crippen molar-refractivity contribution in [3.05, 3.63) is 76.3 Å². The molecule has 2 aliphatic heterocycles. The number of likely N-dealkylation sites (N-methyl/N-ethyl adjacent to an activating group) is 1. The number of methoxy groups -OCH3 is 1. The van der Waals surface area contributed by atoms with Crippen LogP contribution >= 0.6 is 11.6 Å². The van der Waals surface area contributed by atoms with E-state index >= 15 is 0 Å². The summed E-state index contributed by atoms with van der Waals surface area (Å²) >= 11 is 6.50. The molecule has 0 amide bonds. The molecule has 0 N–H and O–H groups in total. The van der Waals surface area contributed by atoms with Gasteiger partial charge in [-0.1, -0.05) is 35.9 Å². The van der Waals surface area contributed by atoms with Gasteiger partial charge in [0.2, 0.25) is 0 Å². The highest BCUT2D eigenvalue weighted by molar-refractivity contribution is 7.92. The largest absolute Gasteiger partial charge is 0.496 e. The predicted octanol–water partition coefficient (Wildman–Crippen LogP) is 4.72. The average molecular weight is 612 g/mol. The molecule has 10 heteroatoms. The van der Waals surface area contributed by atoms with Crippen LogP contribution in [-0.2, 0) is 22.7 Å². The van der Waals surface area contributed by atoms with Crippen molar-refractivity contribution in [2.24, 2.45) is 0 Å². The first-order valence-electron chi connectivity index (χ1n) is 14.8. The van der Waals surface area contributed by atoms with E-state index in [1.165, 1.54) is 31.6 Å². The van der Waals surface area contributed by atoms with E-state index in [4.69, 9.17) is 21.3 Å². The Balaban J connectivity index is 1.28. The summed E-state index contributed by atoms with van der Waals surface area (Å²) in [5.74, 6) is 1.42. The lowest BCUT2D eigenvalue weighted by Gasteiger charge is -2.42. The Morgan fingerprint density at radius 2 is 1.69 bits per heavy atom. The second-order valence-electron chi connectivity index (χ2n) is 11.7. The summed E-state index contributed by atoms with van der Waals surface area (Å²) in [6.07, 6.45) is 4.74. The third kappa shape index (κ3) is 6.91. The monoisotopic (exact) mass is 611 g/mol. The fourth-order valence-corrected chi connectivity index (χ4v) is 7.38. The zero-order chi connectivity index (χ0) is 29.9. The van der Waals surface area contributed by atoms with Gasteiger partial charge in [-0.15, -0.1) is 0 Å². The molecule has 2 saturated heterocycles. The molecule has 3 heterocycles. The number of anilines is 1. The molecule has 2 aromatic carbocycles. The minimum Gasteiger partial charge on any atom is -0.496 e. The number of hydrogen-bond donors (Lipinski definition) is 0. The van der Waals surface area contributed by atoms with Crippen LogP contribution in [-0.4, -0.2) is 92.9 Å². The van der Waals surface area contributed by atoms with Gasteiger partial charge in [-0.25, -0.2) is 18.4 Å². The first-order valence-corrected chi connectivity index (χ1v) is 16.7. The molecule has 3 aromatic rings. The molecule has 226 valence electrons. The van der Waals surface area contributed by atoms with Crippen LogP contribution in [0.3, 0.4) is 0 Å². The van der Waals surface area contributed by atoms with E-state index in [1.54, 1.807) is 39.3 Å². The molecular formula is C32H42ClN5O3S. The minimum absolute atomic E-state index is 0.302. The lowest BCUT2D eigenvalue weighted by Crippen LogP contribution is -2.52. The van der Waals surface area contributed by atoms with E-state index in [-0.39, 0.29) is 0 Å². The van der Waals surface area contributed by atoms with Crippen molar-refractivity contribution in [2.75, 3.05) is 58.3 Å². The second kappa shape index (κ2) is 13.3. The van der Waals surface area contributed by atoms with Crippen LogP contribution in [0.5, 0.6) is 5.75 Å². The van der Waals surface area contributed by atoms with Gasteiger partial charge in [-0.3, -0.25) is 4.90 Å². The smallest absolute Gasteiger partial charge is 0.180 e. The summed E-state index contributed by atoms with van der Waals surface area (Å²) in [5.41, 5.74) is 3.45. The number of benzene rings is 2. The van der Waals surface area contributed by atoms with Crippen molar-refractivity contribution in [1.82, 2.24) is 19.8 Å². The number of rotatable bonds is 9. The lowest BCUT2D eigenvalue weighted by molar-refractivity contribution is 0.0982. The number of halogens is 1.